The first-order valence-corrected chi connectivity index (χ1v) is 5.29. The molecule has 0 radical (unpaired) electrons. The van der Waals surface area contributed by atoms with Gasteiger partial charge >= 0.3 is 5.97 Å². The number of carboxylic acid groups (broad SMARTS) is 1. The van der Waals surface area contributed by atoms with Gasteiger partial charge in [-0.2, -0.15) is 4.98 Å². The lowest BCUT2D eigenvalue weighted by Gasteiger charge is -2.01. The van der Waals surface area contributed by atoms with Crippen LogP contribution in [-0.2, 0) is 6.54 Å². The predicted octanol–water partition coefficient (Wildman–Crippen LogP) is 1.74. The monoisotopic (exact) mass is 235 g/mol. The molecule has 0 bridgehead atoms. The van der Waals surface area contributed by atoms with Crippen molar-refractivity contribution in [3.05, 3.63) is 35.7 Å². The summed E-state index contributed by atoms with van der Waals surface area (Å²) in [6.07, 6.45) is 1.68. The van der Waals surface area contributed by atoms with Crippen LogP contribution in [0, 0.1) is 0 Å². The second kappa shape index (κ2) is 4.40. The first-order chi connectivity index (χ1) is 8.08. The smallest absolute Gasteiger partial charge is 0.352 e. The lowest BCUT2D eigenvalue weighted by molar-refractivity contribution is 0.0685. The Bertz CT molecular complexity index is 528. The van der Waals surface area contributed by atoms with Gasteiger partial charge in [0.1, 0.15) is 5.69 Å². The summed E-state index contributed by atoms with van der Waals surface area (Å²) in [5.74, 6) is 0.235. The van der Waals surface area contributed by atoms with Crippen molar-refractivity contribution in [1.82, 2.24) is 14.7 Å². The molecule has 90 valence electrons. The summed E-state index contributed by atoms with van der Waals surface area (Å²) in [6.45, 7) is 4.20. The number of hydrogen-bond acceptors (Lipinski definition) is 4. The molecule has 0 saturated heterocycles. The standard InChI is InChI=1S/C11H13N3O3/c1-7(2)10-12-9(13-17-10)6-14-5-3-4-8(14)11(15)16/h3-5,7H,6H2,1-2H3,(H,15,16). The maximum Gasteiger partial charge on any atom is 0.352 e. The SMILES string of the molecule is CC(C)c1nc(Cn2cccc2C(=O)O)no1. The third-order valence-corrected chi connectivity index (χ3v) is 2.34. The molecule has 1 N–H and O–H groups in total. The van der Waals surface area contributed by atoms with Gasteiger partial charge in [-0.05, 0) is 12.1 Å². The van der Waals surface area contributed by atoms with Crippen molar-refractivity contribution in [3.8, 4) is 0 Å². The average molecular weight is 235 g/mol. The van der Waals surface area contributed by atoms with E-state index in [9.17, 15) is 4.79 Å². The highest BCUT2D eigenvalue weighted by atomic mass is 16.5. The van der Waals surface area contributed by atoms with Crippen LogP contribution in [0.15, 0.2) is 22.9 Å². The van der Waals surface area contributed by atoms with Gasteiger partial charge in [-0.15, -0.1) is 0 Å². The minimum absolute atomic E-state index is 0.167. The number of carboxylic acids is 1. The number of carbonyl (C=O) groups is 1. The summed E-state index contributed by atoms with van der Waals surface area (Å²) in [6, 6.07) is 3.21. The van der Waals surface area contributed by atoms with Crippen molar-refractivity contribution in [2.75, 3.05) is 0 Å². The number of rotatable bonds is 4. The van der Waals surface area contributed by atoms with Crippen LogP contribution in [0.3, 0.4) is 0 Å². The number of nitrogens with zero attached hydrogens (tertiary/aromatic N) is 3. The Morgan fingerprint density at radius 1 is 1.59 bits per heavy atom. The van der Waals surface area contributed by atoms with Gasteiger partial charge in [0.2, 0.25) is 5.89 Å². The highest BCUT2D eigenvalue weighted by Crippen LogP contribution is 2.12. The van der Waals surface area contributed by atoms with Gasteiger partial charge in [0.05, 0.1) is 6.54 Å². The van der Waals surface area contributed by atoms with Crippen molar-refractivity contribution in [2.45, 2.75) is 26.3 Å². The molecule has 6 heteroatoms. The molecule has 0 spiro atoms. The zero-order chi connectivity index (χ0) is 12.4. The van der Waals surface area contributed by atoms with Gasteiger partial charge in [0.25, 0.3) is 0 Å². The molecule has 0 saturated carbocycles. The quantitative estimate of drug-likeness (QED) is 0.872. The Balaban J connectivity index is 2.19. The Hall–Kier alpha value is -2.11. The van der Waals surface area contributed by atoms with Crippen molar-refractivity contribution in [1.29, 1.82) is 0 Å². The fourth-order valence-electron chi connectivity index (χ4n) is 1.46. The van der Waals surface area contributed by atoms with E-state index >= 15 is 0 Å². The molecule has 2 heterocycles. The van der Waals surface area contributed by atoms with E-state index < -0.39 is 5.97 Å². The maximum absolute atomic E-state index is 10.9. The fourth-order valence-corrected chi connectivity index (χ4v) is 1.46. The molecular weight excluding hydrogens is 222 g/mol. The predicted molar refractivity (Wildman–Crippen MR) is 58.9 cm³/mol. The van der Waals surface area contributed by atoms with Crippen LogP contribution < -0.4 is 0 Å². The minimum Gasteiger partial charge on any atom is -0.477 e. The van der Waals surface area contributed by atoms with Crippen LogP contribution in [0.2, 0.25) is 0 Å². The van der Waals surface area contributed by atoms with Crippen LogP contribution in [0.5, 0.6) is 0 Å². The number of hydrogen-bond donors (Lipinski definition) is 1. The van der Waals surface area contributed by atoms with E-state index in [0.29, 0.717) is 18.3 Å². The van der Waals surface area contributed by atoms with Crippen LogP contribution in [0.1, 0.15) is 42.0 Å². The van der Waals surface area contributed by atoms with Gasteiger partial charge < -0.3 is 14.2 Å². The van der Waals surface area contributed by atoms with Gasteiger partial charge in [-0.1, -0.05) is 19.0 Å². The average Bonchev–Trinajstić information content (AvgIpc) is 2.86. The van der Waals surface area contributed by atoms with Crippen molar-refractivity contribution < 1.29 is 14.4 Å². The molecule has 0 aliphatic rings. The van der Waals surface area contributed by atoms with Crippen molar-refractivity contribution >= 4 is 5.97 Å². The molecule has 6 nitrogen and oxygen atoms in total. The molecule has 2 aromatic heterocycles. The lowest BCUT2D eigenvalue weighted by atomic mass is 10.2. The van der Waals surface area contributed by atoms with E-state index in [4.69, 9.17) is 9.63 Å². The summed E-state index contributed by atoms with van der Waals surface area (Å²) in [4.78, 5) is 15.1. The Morgan fingerprint density at radius 3 is 2.94 bits per heavy atom. The first-order valence-electron chi connectivity index (χ1n) is 5.29. The van der Waals surface area contributed by atoms with Gasteiger partial charge in [0, 0.05) is 12.1 Å². The molecular formula is C11H13N3O3. The van der Waals surface area contributed by atoms with E-state index in [1.807, 2.05) is 13.8 Å². The molecule has 0 aliphatic heterocycles. The molecule has 0 fully saturated rings. The van der Waals surface area contributed by atoms with Crippen molar-refractivity contribution in [3.63, 3.8) is 0 Å². The second-order valence-corrected chi connectivity index (χ2v) is 4.03. The summed E-state index contributed by atoms with van der Waals surface area (Å²) >= 11 is 0. The second-order valence-electron chi connectivity index (χ2n) is 4.03. The van der Waals surface area contributed by atoms with Crippen LogP contribution >= 0.6 is 0 Å². The van der Waals surface area contributed by atoms with E-state index in [1.54, 1.807) is 16.8 Å². The van der Waals surface area contributed by atoms with E-state index in [1.165, 1.54) is 6.07 Å². The van der Waals surface area contributed by atoms with Gasteiger partial charge in [-0.3, -0.25) is 0 Å². The Kier molecular flexibility index (Phi) is 2.95. The highest BCUT2D eigenvalue weighted by Gasteiger charge is 2.13. The molecule has 0 amide bonds. The van der Waals surface area contributed by atoms with E-state index in [-0.39, 0.29) is 11.6 Å². The summed E-state index contributed by atoms with van der Waals surface area (Å²) < 4.78 is 6.62. The molecule has 17 heavy (non-hydrogen) atoms. The van der Waals surface area contributed by atoms with Crippen LogP contribution in [0.4, 0.5) is 0 Å². The number of aromatic carboxylic acids is 1. The van der Waals surface area contributed by atoms with E-state index in [0.717, 1.165) is 0 Å². The van der Waals surface area contributed by atoms with Crippen LogP contribution in [0.25, 0.3) is 0 Å². The number of aromatic nitrogens is 3. The van der Waals surface area contributed by atoms with Gasteiger partial charge in [0.15, 0.2) is 5.82 Å². The molecule has 0 aromatic carbocycles. The largest absolute Gasteiger partial charge is 0.477 e. The molecule has 2 rings (SSSR count). The van der Waals surface area contributed by atoms with E-state index in [2.05, 4.69) is 10.1 Å². The summed E-state index contributed by atoms with van der Waals surface area (Å²) in [5.41, 5.74) is 0.209. The lowest BCUT2D eigenvalue weighted by Crippen LogP contribution is -2.09. The van der Waals surface area contributed by atoms with Gasteiger partial charge in [-0.25, -0.2) is 4.79 Å². The Labute approximate surface area is 97.9 Å². The first kappa shape index (κ1) is 11.4. The molecule has 0 unspecified atom stereocenters. The topological polar surface area (TPSA) is 81.2 Å². The third kappa shape index (κ3) is 2.35. The normalized spacial score (nSPS) is 11.0. The molecule has 0 atom stereocenters. The summed E-state index contributed by atoms with van der Waals surface area (Å²) in [5, 5.41) is 12.8. The van der Waals surface area contributed by atoms with Crippen LogP contribution in [-0.4, -0.2) is 25.8 Å². The maximum atomic E-state index is 10.9. The highest BCUT2D eigenvalue weighted by molar-refractivity contribution is 5.85. The zero-order valence-electron chi connectivity index (χ0n) is 9.62. The zero-order valence-corrected chi connectivity index (χ0v) is 9.62. The van der Waals surface area contributed by atoms with Crippen molar-refractivity contribution in [2.24, 2.45) is 0 Å². The Morgan fingerprint density at radius 2 is 2.35 bits per heavy atom. The third-order valence-electron chi connectivity index (χ3n) is 2.34. The summed E-state index contributed by atoms with van der Waals surface area (Å²) in [7, 11) is 0. The molecule has 0 aliphatic carbocycles. The fraction of sp³-hybridized carbons (Fsp3) is 0.364. The molecule has 2 aromatic rings. The minimum atomic E-state index is -0.970.